The van der Waals surface area contributed by atoms with Crippen molar-refractivity contribution in [2.45, 2.75) is 63.6 Å². The molecular weight excluding hydrogens is 834 g/mol. The molecule has 2 aromatic carbocycles. The Balaban J connectivity index is 0.945. The molecular formula is C48H45F3N12O2. The van der Waals surface area contributed by atoms with Crippen molar-refractivity contribution in [3.63, 3.8) is 0 Å². The van der Waals surface area contributed by atoms with E-state index >= 15 is 0 Å². The number of amides is 1. The van der Waals surface area contributed by atoms with Gasteiger partial charge >= 0.3 is 6.18 Å². The molecule has 1 saturated heterocycles. The lowest BCUT2D eigenvalue weighted by molar-refractivity contribution is -0.141. The van der Waals surface area contributed by atoms with E-state index < -0.39 is 17.8 Å². The molecule has 14 nitrogen and oxygen atoms in total. The lowest BCUT2D eigenvalue weighted by Crippen LogP contribution is -2.34. The van der Waals surface area contributed by atoms with Gasteiger partial charge in [0.05, 0.1) is 49.3 Å². The van der Waals surface area contributed by atoms with Crippen molar-refractivity contribution >= 4 is 28.3 Å². The Morgan fingerprint density at radius 2 is 1.78 bits per heavy atom. The SMILES string of the molecule is COc1ncnc(C2CC2)c1-c1ncnc(N(CC#CCN2CCCC(c3ccc(-n4cc5cccc(C(N)=O)c5n4)cc3)C2)CC2=C=C=C(c3nc(C(F)(F)F)cn3C(C)C)C=C2)n1. The maximum absolute atomic E-state index is 13.7. The zero-order chi connectivity index (χ0) is 45.2. The number of imidazole rings is 1. The summed E-state index contributed by atoms with van der Waals surface area (Å²) in [6, 6.07) is 13.5. The lowest BCUT2D eigenvalue weighted by Gasteiger charge is -2.31. The summed E-state index contributed by atoms with van der Waals surface area (Å²) in [5, 5.41) is 5.49. The van der Waals surface area contributed by atoms with Crippen molar-refractivity contribution in [1.82, 2.24) is 49.2 Å². The number of ether oxygens (including phenoxy) is 1. The molecule has 6 aromatic rings. The summed E-state index contributed by atoms with van der Waals surface area (Å²) in [5.74, 6) is 8.09. The molecule has 9 rings (SSSR count). The zero-order valence-corrected chi connectivity index (χ0v) is 36.0. The van der Waals surface area contributed by atoms with E-state index in [-0.39, 0.29) is 30.9 Å². The number of hydrogen-bond acceptors (Lipinski definition) is 11. The third-order valence-corrected chi connectivity index (χ3v) is 11.7. The quantitative estimate of drug-likeness (QED) is 0.0906. The number of fused-ring (bicyclic) bond motifs is 1. The molecule has 1 unspecified atom stereocenters. The normalized spacial score (nSPS) is 16.3. The number of benzene rings is 2. The molecule has 1 amide bonds. The topological polar surface area (TPSA) is 159 Å². The van der Waals surface area contributed by atoms with E-state index in [0.717, 1.165) is 61.7 Å². The molecule has 4 aromatic heterocycles. The first-order valence-electron chi connectivity index (χ1n) is 21.4. The zero-order valence-electron chi connectivity index (χ0n) is 36.0. The minimum absolute atomic E-state index is 0.159. The van der Waals surface area contributed by atoms with Crippen molar-refractivity contribution in [2.75, 3.05) is 44.7 Å². The predicted octanol–water partition coefficient (Wildman–Crippen LogP) is 7.47. The maximum Gasteiger partial charge on any atom is 0.434 e. The smallest absolute Gasteiger partial charge is 0.434 e. The molecule has 65 heavy (non-hydrogen) atoms. The van der Waals surface area contributed by atoms with Crippen molar-refractivity contribution in [1.29, 1.82) is 0 Å². The number of carbonyl (C=O) groups is 1. The summed E-state index contributed by atoms with van der Waals surface area (Å²) >= 11 is 0. The number of hydrogen-bond donors (Lipinski definition) is 1. The summed E-state index contributed by atoms with van der Waals surface area (Å²) < 4.78 is 49.9. The van der Waals surface area contributed by atoms with Gasteiger partial charge in [0.25, 0.3) is 5.91 Å². The first kappa shape index (κ1) is 42.9. The molecule has 2 N–H and O–H groups in total. The van der Waals surface area contributed by atoms with Gasteiger partial charge < -0.3 is 19.9 Å². The number of alkyl halides is 3. The fraction of sp³-hybridized carbons (Fsp3) is 0.333. The summed E-state index contributed by atoms with van der Waals surface area (Å²) in [4.78, 5) is 43.0. The first-order chi connectivity index (χ1) is 31.4. The number of piperidine rings is 1. The highest BCUT2D eigenvalue weighted by Crippen LogP contribution is 2.45. The highest BCUT2D eigenvalue weighted by molar-refractivity contribution is 6.04. The van der Waals surface area contributed by atoms with Crippen LogP contribution in [0.2, 0.25) is 0 Å². The molecule has 0 radical (unpaired) electrons. The third kappa shape index (κ3) is 9.32. The summed E-state index contributed by atoms with van der Waals surface area (Å²) in [6.45, 7) is 6.46. The first-order valence-corrected chi connectivity index (χ1v) is 21.4. The molecule has 1 saturated carbocycles. The van der Waals surface area contributed by atoms with Crippen LogP contribution in [-0.4, -0.2) is 94.9 Å². The predicted molar refractivity (Wildman–Crippen MR) is 238 cm³/mol. The van der Waals surface area contributed by atoms with Crippen LogP contribution in [0.3, 0.4) is 0 Å². The van der Waals surface area contributed by atoms with Gasteiger partial charge in [0.15, 0.2) is 11.5 Å². The van der Waals surface area contributed by atoms with Crippen LogP contribution >= 0.6 is 0 Å². The van der Waals surface area contributed by atoms with Gasteiger partial charge in [-0.25, -0.2) is 29.6 Å². The van der Waals surface area contributed by atoms with Crippen LogP contribution < -0.4 is 15.4 Å². The molecule has 2 aliphatic carbocycles. The Bertz CT molecular complexity index is 2980. The van der Waals surface area contributed by atoms with E-state index in [4.69, 9.17) is 15.5 Å². The average Bonchev–Trinajstić information content (AvgIpc) is 3.89. The molecule has 1 aliphatic heterocycles. The van der Waals surface area contributed by atoms with E-state index in [0.29, 0.717) is 57.9 Å². The number of halogens is 3. The Morgan fingerprint density at radius 3 is 2.51 bits per heavy atom. The molecule has 17 heteroatoms. The number of nitrogens with zero attached hydrogens (tertiary/aromatic N) is 11. The Kier molecular flexibility index (Phi) is 11.9. The minimum atomic E-state index is -4.58. The van der Waals surface area contributed by atoms with Crippen LogP contribution in [0.5, 0.6) is 5.88 Å². The third-order valence-electron chi connectivity index (χ3n) is 11.7. The monoisotopic (exact) mass is 878 g/mol. The van der Waals surface area contributed by atoms with Crippen molar-refractivity contribution in [2.24, 2.45) is 5.73 Å². The second-order valence-electron chi connectivity index (χ2n) is 16.6. The number of aromatic nitrogens is 9. The number of anilines is 1. The van der Waals surface area contributed by atoms with E-state index in [9.17, 15) is 18.0 Å². The second kappa shape index (κ2) is 18.0. The highest BCUT2D eigenvalue weighted by Gasteiger charge is 2.36. The number of methoxy groups -OCH3 is 1. The fourth-order valence-electron chi connectivity index (χ4n) is 8.20. The average molecular weight is 879 g/mol. The van der Waals surface area contributed by atoms with Crippen LogP contribution in [0.15, 0.2) is 96.7 Å². The Morgan fingerprint density at radius 1 is 0.969 bits per heavy atom. The highest BCUT2D eigenvalue weighted by atomic mass is 19.4. The van der Waals surface area contributed by atoms with E-state index in [2.05, 4.69) is 70.4 Å². The van der Waals surface area contributed by atoms with Crippen LogP contribution in [0, 0.1) is 11.8 Å². The van der Waals surface area contributed by atoms with Gasteiger partial charge in [0.2, 0.25) is 11.8 Å². The standard InChI is InChI=1S/C48H45F3N12O2/c1-30(2)62-27-39(48(49,50)51)57-45(62)34-13-11-31(12-14-34)24-61(47-56-29-54-44(58-47)40-42(33-15-16-33)53-28-55-46(40)65-3)23-5-4-21-60-22-7-9-35(25-60)32-17-19-37(20-18-32)63-26-36-8-6-10-38(43(52)64)41(36)59-63/h6,8,10-11,13,17-20,26-30,33,35H,7,9,15-16,21-25H2,1-3H3,(H2,52,64). The van der Waals surface area contributed by atoms with E-state index in [1.165, 1.54) is 22.8 Å². The van der Waals surface area contributed by atoms with Gasteiger partial charge in [0, 0.05) is 41.9 Å². The van der Waals surface area contributed by atoms with Gasteiger partial charge in [0.1, 0.15) is 29.6 Å². The number of allylic oxidation sites excluding steroid dienone is 2. The van der Waals surface area contributed by atoms with E-state index in [1.807, 2.05) is 29.3 Å². The Hall–Kier alpha value is -7.37. The molecule has 330 valence electrons. The van der Waals surface area contributed by atoms with Gasteiger partial charge in [-0.15, -0.1) is 0 Å². The number of carbonyl (C=O) groups excluding carboxylic acids is 1. The number of likely N-dealkylation sites (tertiary alicyclic amines) is 1. The maximum atomic E-state index is 13.7. The van der Waals surface area contributed by atoms with Crippen LogP contribution in [-0.2, 0) is 6.18 Å². The number of primary amides is 1. The number of nitrogens with two attached hydrogens (primary N) is 1. The van der Waals surface area contributed by atoms with Gasteiger partial charge in [-0.2, -0.15) is 23.3 Å². The molecule has 1 atom stereocenters. The van der Waals surface area contributed by atoms with Crippen molar-refractivity contribution < 1.29 is 22.7 Å². The summed E-state index contributed by atoms with van der Waals surface area (Å²) in [7, 11) is 1.55. The fourth-order valence-corrected chi connectivity index (χ4v) is 8.20. The van der Waals surface area contributed by atoms with Crippen molar-refractivity contribution in [3.05, 3.63) is 125 Å². The molecule has 0 spiro atoms. The Labute approximate surface area is 373 Å². The van der Waals surface area contributed by atoms with Crippen LogP contribution in [0.25, 0.3) is 33.6 Å². The molecule has 3 aliphatic rings. The molecule has 5 heterocycles. The molecule has 0 bridgehead atoms. The van der Waals surface area contributed by atoms with Crippen LogP contribution in [0.1, 0.15) is 90.5 Å². The van der Waals surface area contributed by atoms with Crippen LogP contribution in [0.4, 0.5) is 19.1 Å². The van der Waals surface area contributed by atoms with Gasteiger partial charge in [-0.05, 0) is 87.9 Å². The summed E-state index contributed by atoms with van der Waals surface area (Å²) in [5.41, 5.74) is 16.4. The van der Waals surface area contributed by atoms with Gasteiger partial charge in [-0.1, -0.05) is 47.6 Å². The van der Waals surface area contributed by atoms with Crippen molar-refractivity contribution in [3.8, 4) is 34.8 Å². The second-order valence-corrected chi connectivity index (χ2v) is 16.6. The number of rotatable bonds is 13. The summed E-state index contributed by atoms with van der Waals surface area (Å²) in [6.07, 6.45) is 8.85. The largest absolute Gasteiger partial charge is 0.480 e. The minimum Gasteiger partial charge on any atom is -0.480 e. The lowest BCUT2D eigenvalue weighted by atomic mass is 9.90. The van der Waals surface area contributed by atoms with Gasteiger partial charge in [-0.3, -0.25) is 9.69 Å². The molecule has 2 fully saturated rings. The van der Waals surface area contributed by atoms with E-state index in [1.54, 1.807) is 49.9 Å².